The summed E-state index contributed by atoms with van der Waals surface area (Å²) >= 11 is 0. The van der Waals surface area contributed by atoms with Crippen molar-refractivity contribution in [3.8, 4) is 5.75 Å². The predicted molar refractivity (Wildman–Crippen MR) is 66.6 cm³/mol. The molecule has 1 saturated carbocycles. The summed E-state index contributed by atoms with van der Waals surface area (Å²) in [5.41, 5.74) is 9.38. The summed E-state index contributed by atoms with van der Waals surface area (Å²) in [5.74, 6) is 0.387. The SMILES string of the molecule is Cc1cc(O)c(C(C)(C)C)cc1C1(N)CC1. The summed E-state index contributed by atoms with van der Waals surface area (Å²) in [5, 5.41) is 10.00. The van der Waals surface area contributed by atoms with Crippen molar-refractivity contribution >= 4 is 0 Å². The van der Waals surface area contributed by atoms with Crippen LogP contribution < -0.4 is 5.73 Å². The normalized spacial score (nSPS) is 18.6. The van der Waals surface area contributed by atoms with Gasteiger partial charge in [-0.3, -0.25) is 0 Å². The summed E-state index contributed by atoms with van der Waals surface area (Å²) in [7, 11) is 0. The molecule has 1 aliphatic rings. The molecule has 88 valence electrons. The van der Waals surface area contributed by atoms with Crippen molar-refractivity contribution in [3.63, 3.8) is 0 Å². The molecular weight excluding hydrogens is 198 g/mol. The maximum Gasteiger partial charge on any atom is 0.119 e. The third-order valence-electron chi connectivity index (χ3n) is 3.48. The van der Waals surface area contributed by atoms with E-state index < -0.39 is 0 Å². The van der Waals surface area contributed by atoms with Gasteiger partial charge in [0.05, 0.1) is 0 Å². The Morgan fingerprint density at radius 3 is 2.25 bits per heavy atom. The second-order valence-corrected chi connectivity index (χ2v) is 6.09. The summed E-state index contributed by atoms with van der Waals surface area (Å²) < 4.78 is 0. The fourth-order valence-corrected chi connectivity index (χ4v) is 2.23. The minimum absolute atomic E-state index is 0.0439. The van der Waals surface area contributed by atoms with Gasteiger partial charge in [-0.2, -0.15) is 0 Å². The molecule has 0 saturated heterocycles. The van der Waals surface area contributed by atoms with E-state index in [0.717, 1.165) is 24.0 Å². The minimum Gasteiger partial charge on any atom is -0.508 e. The van der Waals surface area contributed by atoms with Crippen LogP contribution in [0.25, 0.3) is 0 Å². The van der Waals surface area contributed by atoms with E-state index in [1.807, 2.05) is 13.0 Å². The van der Waals surface area contributed by atoms with E-state index in [2.05, 4.69) is 26.8 Å². The standard InChI is InChI=1S/C14H21NO/c1-9-7-12(16)11(13(2,3)4)8-10(9)14(15)5-6-14/h7-8,16H,5-6,15H2,1-4H3. The highest BCUT2D eigenvalue weighted by atomic mass is 16.3. The zero-order valence-corrected chi connectivity index (χ0v) is 10.6. The number of hydrogen-bond acceptors (Lipinski definition) is 2. The molecule has 1 aromatic rings. The van der Waals surface area contributed by atoms with Gasteiger partial charge in [0, 0.05) is 5.54 Å². The molecule has 0 atom stereocenters. The molecule has 0 spiro atoms. The highest BCUT2D eigenvalue weighted by molar-refractivity contribution is 5.48. The Balaban J connectivity index is 2.56. The van der Waals surface area contributed by atoms with Crippen LogP contribution in [-0.4, -0.2) is 5.11 Å². The fourth-order valence-electron chi connectivity index (χ4n) is 2.23. The highest BCUT2D eigenvalue weighted by Gasteiger charge is 2.41. The van der Waals surface area contributed by atoms with Gasteiger partial charge in [0.15, 0.2) is 0 Å². The smallest absolute Gasteiger partial charge is 0.119 e. The number of rotatable bonds is 1. The third-order valence-corrected chi connectivity index (χ3v) is 3.48. The minimum atomic E-state index is -0.127. The Bertz CT molecular complexity index is 399. The molecular formula is C14H21NO. The molecule has 0 unspecified atom stereocenters. The second kappa shape index (κ2) is 3.24. The predicted octanol–water partition coefficient (Wildman–Crippen LogP) is 2.95. The molecule has 1 aromatic carbocycles. The molecule has 2 nitrogen and oxygen atoms in total. The van der Waals surface area contributed by atoms with Gasteiger partial charge in [-0.25, -0.2) is 0 Å². The molecule has 0 radical (unpaired) electrons. The van der Waals surface area contributed by atoms with E-state index in [0.29, 0.717) is 5.75 Å². The topological polar surface area (TPSA) is 46.2 Å². The van der Waals surface area contributed by atoms with E-state index in [1.165, 1.54) is 5.56 Å². The van der Waals surface area contributed by atoms with Crippen molar-refractivity contribution in [1.29, 1.82) is 0 Å². The van der Waals surface area contributed by atoms with Crippen molar-refractivity contribution in [2.24, 2.45) is 5.73 Å². The van der Waals surface area contributed by atoms with Crippen LogP contribution in [0.4, 0.5) is 0 Å². The van der Waals surface area contributed by atoms with E-state index in [1.54, 1.807) is 0 Å². The Labute approximate surface area is 97.5 Å². The molecule has 0 aliphatic heterocycles. The van der Waals surface area contributed by atoms with Gasteiger partial charge < -0.3 is 10.8 Å². The summed E-state index contributed by atoms with van der Waals surface area (Å²) in [4.78, 5) is 0. The number of benzene rings is 1. The molecule has 1 aliphatic carbocycles. The van der Waals surface area contributed by atoms with E-state index >= 15 is 0 Å². The van der Waals surface area contributed by atoms with Crippen LogP contribution in [-0.2, 0) is 11.0 Å². The summed E-state index contributed by atoms with van der Waals surface area (Å²) in [6.07, 6.45) is 2.12. The fraction of sp³-hybridized carbons (Fsp3) is 0.571. The van der Waals surface area contributed by atoms with Crippen LogP contribution in [0, 0.1) is 6.92 Å². The first-order valence-corrected chi connectivity index (χ1v) is 5.87. The lowest BCUT2D eigenvalue weighted by molar-refractivity contribution is 0.445. The van der Waals surface area contributed by atoms with Crippen molar-refractivity contribution < 1.29 is 5.11 Å². The molecule has 16 heavy (non-hydrogen) atoms. The second-order valence-electron chi connectivity index (χ2n) is 6.09. The number of nitrogens with two attached hydrogens (primary N) is 1. The lowest BCUT2D eigenvalue weighted by atomic mass is 9.83. The van der Waals surface area contributed by atoms with Gasteiger partial charge in [-0.15, -0.1) is 0 Å². The maximum atomic E-state index is 10.00. The van der Waals surface area contributed by atoms with Crippen LogP contribution in [0.1, 0.15) is 50.3 Å². The zero-order valence-electron chi connectivity index (χ0n) is 10.6. The third kappa shape index (κ3) is 1.82. The van der Waals surface area contributed by atoms with Crippen molar-refractivity contribution in [3.05, 3.63) is 28.8 Å². The van der Waals surface area contributed by atoms with E-state index in [-0.39, 0.29) is 11.0 Å². The average molecular weight is 219 g/mol. The molecule has 0 amide bonds. The zero-order chi connectivity index (χ0) is 12.1. The van der Waals surface area contributed by atoms with Crippen LogP contribution in [0.5, 0.6) is 5.75 Å². The van der Waals surface area contributed by atoms with Crippen molar-refractivity contribution in [1.82, 2.24) is 0 Å². The first-order valence-electron chi connectivity index (χ1n) is 5.87. The van der Waals surface area contributed by atoms with Crippen LogP contribution >= 0.6 is 0 Å². The lowest BCUT2D eigenvalue weighted by Gasteiger charge is -2.24. The first kappa shape index (κ1) is 11.5. The van der Waals surface area contributed by atoms with Gasteiger partial charge in [-0.05, 0) is 54.0 Å². The maximum absolute atomic E-state index is 10.00. The monoisotopic (exact) mass is 219 g/mol. The molecule has 2 rings (SSSR count). The van der Waals surface area contributed by atoms with Gasteiger partial charge in [0.2, 0.25) is 0 Å². The number of hydrogen-bond donors (Lipinski definition) is 2. The van der Waals surface area contributed by atoms with Gasteiger partial charge >= 0.3 is 0 Å². The van der Waals surface area contributed by atoms with Gasteiger partial charge in [-0.1, -0.05) is 20.8 Å². The number of phenolic OH excluding ortho intramolecular Hbond substituents is 1. The first-order chi connectivity index (χ1) is 7.24. The molecule has 0 bridgehead atoms. The molecule has 1 fully saturated rings. The van der Waals surface area contributed by atoms with Crippen molar-refractivity contribution in [2.45, 2.75) is 51.5 Å². The molecule has 0 heterocycles. The van der Waals surface area contributed by atoms with Crippen LogP contribution in [0.2, 0.25) is 0 Å². The largest absolute Gasteiger partial charge is 0.508 e. The average Bonchev–Trinajstić information content (AvgIpc) is 2.81. The Hall–Kier alpha value is -1.02. The van der Waals surface area contributed by atoms with E-state index in [4.69, 9.17) is 5.73 Å². The van der Waals surface area contributed by atoms with Crippen LogP contribution in [0.3, 0.4) is 0 Å². The van der Waals surface area contributed by atoms with Gasteiger partial charge in [0.25, 0.3) is 0 Å². The summed E-state index contributed by atoms with van der Waals surface area (Å²) in [6, 6.07) is 3.94. The molecule has 2 heteroatoms. The highest BCUT2D eigenvalue weighted by Crippen LogP contribution is 2.46. The lowest BCUT2D eigenvalue weighted by Crippen LogP contribution is -2.22. The van der Waals surface area contributed by atoms with Crippen LogP contribution in [0.15, 0.2) is 12.1 Å². The molecule has 3 N–H and O–H groups in total. The number of aryl methyl sites for hydroxylation is 1. The van der Waals surface area contributed by atoms with E-state index in [9.17, 15) is 5.11 Å². The number of phenols is 1. The Morgan fingerprint density at radius 1 is 1.25 bits per heavy atom. The van der Waals surface area contributed by atoms with Gasteiger partial charge in [0.1, 0.15) is 5.75 Å². The van der Waals surface area contributed by atoms with Crippen molar-refractivity contribution in [2.75, 3.05) is 0 Å². The Morgan fingerprint density at radius 2 is 1.81 bits per heavy atom. The number of aromatic hydroxyl groups is 1. The molecule has 0 aromatic heterocycles. The Kier molecular flexibility index (Phi) is 2.32. The quantitative estimate of drug-likeness (QED) is 0.762. The summed E-state index contributed by atoms with van der Waals surface area (Å²) in [6.45, 7) is 8.35.